The number of halogens is 1. The molecule has 5 heteroatoms. The van der Waals surface area contributed by atoms with Gasteiger partial charge in [-0.25, -0.2) is 4.39 Å². The molecule has 1 fully saturated rings. The van der Waals surface area contributed by atoms with E-state index in [-0.39, 0.29) is 11.6 Å². The Bertz CT molecular complexity index is 626. The number of fused-ring (bicyclic) bond motifs is 1. The first-order valence-corrected chi connectivity index (χ1v) is 8.30. The van der Waals surface area contributed by atoms with Gasteiger partial charge in [0.2, 0.25) is 0 Å². The quantitative estimate of drug-likeness (QED) is 0.862. The van der Waals surface area contributed by atoms with Crippen LogP contribution in [0.5, 0.6) is 0 Å². The molecular weight excluding hydrogens is 292 g/mol. The fourth-order valence-electron chi connectivity index (χ4n) is 3.37. The molecule has 1 aliphatic carbocycles. The van der Waals surface area contributed by atoms with Gasteiger partial charge in [-0.05, 0) is 69.7 Å². The summed E-state index contributed by atoms with van der Waals surface area (Å²) in [6.07, 6.45) is 1.52. The summed E-state index contributed by atoms with van der Waals surface area (Å²) >= 11 is 0. The third-order valence-corrected chi connectivity index (χ3v) is 5.44. The van der Waals surface area contributed by atoms with Crippen molar-refractivity contribution < 1.29 is 13.7 Å². The molecule has 0 spiro atoms. The molecule has 0 radical (unpaired) electrons. The first-order chi connectivity index (χ1) is 10.8. The van der Waals surface area contributed by atoms with Gasteiger partial charge in [0.1, 0.15) is 5.73 Å². The number of hydrogen-bond acceptors (Lipinski definition) is 3. The zero-order chi connectivity index (χ0) is 16.8. The first kappa shape index (κ1) is 16.7. The molecule has 124 valence electrons. The lowest BCUT2D eigenvalue weighted by atomic mass is 9.83. The highest BCUT2D eigenvalue weighted by atomic mass is 19.1. The number of nitrogens with two attached hydrogens (primary N) is 1. The van der Waals surface area contributed by atoms with Crippen molar-refractivity contribution in [2.45, 2.75) is 57.7 Å². The van der Waals surface area contributed by atoms with E-state index in [4.69, 9.17) is 15.0 Å². The average Bonchev–Trinajstić information content (AvgIpc) is 2.94. The Morgan fingerprint density at radius 3 is 2.43 bits per heavy atom. The van der Waals surface area contributed by atoms with Crippen molar-refractivity contribution in [1.29, 1.82) is 0 Å². The van der Waals surface area contributed by atoms with E-state index in [1.54, 1.807) is 0 Å². The monoisotopic (exact) mass is 317 g/mol. The van der Waals surface area contributed by atoms with Crippen LogP contribution in [0.4, 0.5) is 4.39 Å². The minimum atomic E-state index is -0.931. The fraction of sp³-hybridized carbons (Fsp3) is 0.556. The molecule has 3 rings (SSSR count). The van der Waals surface area contributed by atoms with Crippen molar-refractivity contribution in [1.82, 2.24) is 0 Å². The third-order valence-electron chi connectivity index (χ3n) is 5.44. The van der Waals surface area contributed by atoms with Crippen molar-refractivity contribution in [2.75, 3.05) is 6.54 Å². The first-order valence-electron chi connectivity index (χ1n) is 8.30. The Kier molecular flexibility index (Phi) is 4.15. The summed E-state index contributed by atoms with van der Waals surface area (Å²) < 4.78 is 26.9. The molecule has 0 bridgehead atoms. The van der Waals surface area contributed by atoms with Gasteiger partial charge in [-0.15, -0.1) is 0 Å². The molecule has 0 aromatic heterocycles. The van der Waals surface area contributed by atoms with Gasteiger partial charge in [0.25, 0.3) is 0 Å². The van der Waals surface area contributed by atoms with Crippen molar-refractivity contribution in [3.63, 3.8) is 0 Å². The molecule has 3 nitrogen and oxygen atoms in total. The second kappa shape index (κ2) is 5.73. The highest BCUT2D eigenvalue weighted by Crippen LogP contribution is 2.47. The summed E-state index contributed by atoms with van der Waals surface area (Å²) in [6, 6.07) is 7.99. The summed E-state index contributed by atoms with van der Waals surface area (Å²) in [5.74, 6) is 0.277. The maximum atomic E-state index is 15.2. The number of benzene rings is 1. The normalized spacial score (nSPS) is 27.2. The zero-order valence-corrected chi connectivity index (χ0v) is 14.4. The van der Waals surface area contributed by atoms with E-state index < -0.39 is 18.3 Å². The molecular formula is C18H25BFNO2. The van der Waals surface area contributed by atoms with E-state index in [1.165, 1.54) is 5.56 Å². The smallest absolute Gasteiger partial charge is 0.398 e. The Morgan fingerprint density at radius 1 is 1.22 bits per heavy atom. The SMILES string of the molecule is CC1(C)OB(C(F)=C2CC(CCN)c3ccccc32)OC1(C)C. The van der Waals surface area contributed by atoms with E-state index in [0.717, 1.165) is 12.0 Å². The lowest BCUT2D eigenvalue weighted by Crippen LogP contribution is -2.41. The van der Waals surface area contributed by atoms with Gasteiger partial charge in [-0.2, -0.15) is 0 Å². The second-order valence-electron chi connectivity index (χ2n) is 7.48. The second-order valence-corrected chi connectivity index (χ2v) is 7.48. The van der Waals surface area contributed by atoms with Crippen LogP contribution >= 0.6 is 0 Å². The maximum Gasteiger partial charge on any atom is 0.525 e. The lowest BCUT2D eigenvalue weighted by Gasteiger charge is -2.32. The largest absolute Gasteiger partial charge is 0.525 e. The van der Waals surface area contributed by atoms with Crippen molar-refractivity contribution in [2.24, 2.45) is 5.73 Å². The Balaban J connectivity index is 1.96. The van der Waals surface area contributed by atoms with Crippen molar-refractivity contribution in [3.8, 4) is 0 Å². The van der Waals surface area contributed by atoms with Crippen LogP contribution in [0.3, 0.4) is 0 Å². The molecule has 1 aliphatic heterocycles. The Labute approximate surface area is 138 Å². The maximum absolute atomic E-state index is 15.2. The summed E-state index contributed by atoms with van der Waals surface area (Å²) in [4.78, 5) is 0. The minimum absolute atomic E-state index is 0.277. The van der Waals surface area contributed by atoms with Crippen LogP contribution in [0.2, 0.25) is 0 Å². The molecule has 1 aromatic carbocycles. The van der Waals surface area contributed by atoms with Gasteiger partial charge in [-0.3, -0.25) is 0 Å². The Hall–Kier alpha value is -1.17. The number of rotatable bonds is 3. The van der Waals surface area contributed by atoms with Crippen LogP contribution in [0.15, 0.2) is 30.0 Å². The van der Waals surface area contributed by atoms with E-state index >= 15 is 4.39 Å². The van der Waals surface area contributed by atoms with Crippen LogP contribution < -0.4 is 5.73 Å². The van der Waals surface area contributed by atoms with Crippen LogP contribution in [0.1, 0.15) is 57.6 Å². The molecule has 1 unspecified atom stereocenters. The number of allylic oxidation sites excluding steroid dienone is 1. The van der Waals surface area contributed by atoms with Gasteiger partial charge in [0.15, 0.2) is 0 Å². The summed E-state index contributed by atoms with van der Waals surface area (Å²) in [6.45, 7) is 8.34. The fourth-order valence-corrected chi connectivity index (χ4v) is 3.37. The molecule has 23 heavy (non-hydrogen) atoms. The summed E-state index contributed by atoms with van der Waals surface area (Å²) in [5, 5.41) is 0. The molecule has 0 saturated carbocycles. The van der Waals surface area contributed by atoms with E-state index in [2.05, 4.69) is 6.07 Å². The van der Waals surface area contributed by atoms with Crippen LogP contribution in [-0.2, 0) is 9.31 Å². The summed E-state index contributed by atoms with van der Waals surface area (Å²) in [5.41, 5.74) is 7.21. The predicted molar refractivity (Wildman–Crippen MR) is 91.6 cm³/mol. The number of hydrogen-bond donors (Lipinski definition) is 1. The van der Waals surface area contributed by atoms with E-state index in [0.29, 0.717) is 18.5 Å². The summed E-state index contributed by atoms with van der Waals surface area (Å²) in [7, 11) is -0.931. The van der Waals surface area contributed by atoms with Crippen molar-refractivity contribution >= 4 is 12.7 Å². The van der Waals surface area contributed by atoms with E-state index in [9.17, 15) is 0 Å². The van der Waals surface area contributed by atoms with Crippen molar-refractivity contribution in [3.05, 3.63) is 41.1 Å². The molecule has 1 atom stereocenters. The highest BCUT2D eigenvalue weighted by Gasteiger charge is 2.54. The molecule has 1 aromatic rings. The van der Waals surface area contributed by atoms with Gasteiger partial charge >= 0.3 is 7.12 Å². The van der Waals surface area contributed by atoms with Gasteiger partial charge in [0.05, 0.1) is 11.2 Å². The lowest BCUT2D eigenvalue weighted by molar-refractivity contribution is 0.00578. The molecule has 0 amide bonds. The third kappa shape index (κ3) is 2.75. The van der Waals surface area contributed by atoms with Crippen LogP contribution in [0, 0.1) is 0 Å². The molecule has 2 N–H and O–H groups in total. The minimum Gasteiger partial charge on any atom is -0.398 e. The topological polar surface area (TPSA) is 44.5 Å². The standard InChI is InChI=1S/C18H25BFNO2/c1-17(2)18(3,4)23-19(22-17)16(20)15-11-12(9-10-21)13-7-5-6-8-14(13)15/h5-8,12H,9-11,21H2,1-4H3. The van der Waals surface area contributed by atoms with Gasteiger partial charge < -0.3 is 15.0 Å². The Morgan fingerprint density at radius 2 is 1.83 bits per heavy atom. The zero-order valence-electron chi connectivity index (χ0n) is 14.4. The van der Waals surface area contributed by atoms with E-state index in [1.807, 2.05) is 45.9 Å². The average molecular weight is 317 g/mol. The molecule has 1 heterocycles. The van der Waals surface area contributed by atoms with Crippen LogP contribution in [0.25, 0.3) is 5.57 Å². The van der Waals surface area contributed by atoms with Gasteiger partial charge in [0, 0.05) is 0 Å². The molecule has 2 aliphatic rings. The predicted octanol–water partition coefficient (Wildman–Crippen LogP) is 3.83. The van der Waals surface area contributed by atoms with Crippen LogP contribution in [-0.4, -0.2) is 24.9 Å². The molecule has 1 saturated heterocycles. The highest BCUT2D eigenvalue weighted by molar-refractivity contribution is 6.55. The van der Waals surface area contributed by atoms with Gasteiger partial charge in [-0.1, -0.05) is 24.3 Å².